The van der Waals surface area contributed by atoms with Crippen LogP contribution in [0.4, 0.5) is 0 Å². The maximum absolute atomic E-state index is 12.8. The lowest BCUT2D eigenvalue weighted by atomic mass is 10.1. The van der Waals surface area contributed by atoms with Gasteiger partial charge in [-0.05, 0) is 89.9 Å². The lowest BCUT2D eigenvalue weighted by Gasteiger charge is -2.18. The van der Waals surface area contributed by atoms with Gasteiger partial charge in [-0.15, -0.1) is 0 Å². The number of hydrogen-bond acceptors (Lipinski definition) is 6. The standard InChI is InChI=1S/C55H90O6/c1-4-7-10-13-16-19-22-25-26-27-28-31-33-36-39-42-45-48-54(57)60-51-52(61-55(58)49-46-43-40-37-34-30-24-21-18-15-12-9-6-3)50-59-53(56)47-44-41-38-35-32-29-23-20-17-14-11-8-5-2/h7,10,13,16,19,22,25-34,52H,4-6,8-9,11-12,14-15,17-18,20-21,23-24,35-51H2,1-3H3/b10-7-,16-13-,22-19-,26-25-,28-27+,32-29-,33-31-,34-30-. The molecule has 1 atom stereocenters. The Morgan fingerprint density at radius 3 is 1.05 bits per heavy atom. The van der Waals surface area contributed by atoms with Crippen LogP contribution < -0.4 is 0 Å². The number of rotatable bonds is 43. The molecule has 0 bridgehead atoms. The van der Waals surface area contributed by atoms with Crippen LogP contribution in [0.2, 0.25) is 0 Å². The first kappa shape index (κ1) is 57.3. The first-order chi connectivity index (χ1) is 30.0. The van der Waals surface area contributed by atoms with Crippen molar-refractivity contribution in [2.24, 2.45) is 0 Å². The zero-order valence-electron chi connectivity index (χ0n) is 39.4. The minimum atomic E-state index is -0.809. The molecule has 0 aliphatic heterocycles. The second-order valence-corrected chi connectivity index (χ2v) is 16.1. The Balaban J connectivity index is 4.53. The van der Waals surface area contributed by atoms with Crippen LogP contribution in [-0.2, 0) is 28.6 Å². The number of esters is 3. The molecule has 0 N–H and O–H groups in total. The van der Waals surface area contributed by atoms with Crippen molar-refractivity contribution in [2.75, 3.05) is 13.2 Å². The van der Waals surface area contributed by atoms with Gasteiger partial charge in [0, 0.05) is 19.3 Å². The zero-order valence-corrected chi connectivity index (χ0v) is 39.4. The highest BCUT2D eigenvalue weighted by molar-refractivity contribution is 5.71. The topological polar surface area (TPSA) is 78.9 Å². The van der Waals surface area contributed by atoms with Crippen LogP contribution in [0.5, 0.6) is 0 Å². The van der Waals surface area contributed by atoms with Gasteiger partial charge in [-0.1, -0.05) is 201 Å². The summed E-state index contributed by atoms with van der Waals surface area (Å²) in [5.41, 5.74) is 0. The number of unbranched alkanes of at least 4 members (excludes halogenated alkanes) is 21. The molecule has 61 heavy (non-hydrogen) atoms. The lowest BCUT2D eigenvalue weighted by molar-refractivity contribution is -0.167. The molecule has 0 fully saturated rings. The molecular weight excluding hydrogens is 757 g/mol. The summed E-state index contributed by atoms with van der Waals surface area (Å²) in [7, 11) is 0. The van der Waals surface area contributed by atoms with Crippen molar-refractivity contribution in [3.05, 3.63) is 97.2 Å². The van der Waals surface area contributed by atoms with E-state index >= 15 is 0 Å². The molecule has 0 heterocycles. The highest BCUT2D eigenvalue weighted by Gasteiger charge is 2.19. The molecule has 0 aliphatic carbocycles. The van der Waals surface area contributed by atoms with E-state index in [-0.39, 0.29) is 31.1 Å². The van der Waals surface area contributed by atoms with Crippen LogP contribution in [0, 0.1) is 0 Å². The van der Waals surface area contributed by atoms with E-state index in [9.17, 15) is 14.4 Å². The third-order valence-electron chi connectivity index (χ3n) is 10.2. The van der Waals surface area contributed by atoms with E-state index < -0.39 is 6.10 Å². The Hall–Kier alpha value is -3.67. The molecule has 0 aromatic heterocycles. The van der Waals surface area contributed by atoms with Gasteiger partial charge in [0.15, 0.2) is 6.10 Å². The summed E-state index contributed by atoms with van der Waals surface area (Å²) in [6.45, 7) is 6.39. The molecule has 0 aromatic carbocycles. The van der Waals surface area contributed by atoms with Crippen molar-refractivity contribution in [3.8, 4) is 0 Å². The fraction of sp³-hybridized carbons (Fsp3) is 0.655. The molecule has 6 nitrogen and oxygen atoms in total. The fourth-order valence-electron chi connectivity index (χ4n) is 6.46. The normalized spacial score (nSPS) is 12.9. The molecule has 0 amide bonds. The highest BCUT2D eigenvalue weighted by Crippen LogP contribution is 2.12. The Morgan fingerprint density at radius 1 is 0.344 bits per heavy atom. The predicted molar refractivity (Wildman–Crippen MR) is 260 cm³/mol. The maximum Gasteiger partial charge on any atom is 0.306 e. The summed E-state index contributed by atoms with van der Waals surface area (Å²) in [4.78, 5) is 37.9. The molecule has 0 spiro atoms. The highest BCUT2D eigenvalue weighted by atomic mass is 16.6. The van der Waals surface area contributed by atoms with Crippen molar-refractivity contribution in [1.82, 2.24) is 0 Å². The SMILES string of the molecule is CC\C=C/C=C\C=C/C=C\C=C\C=C/CCCCCC(=O)OCC(COC(=O)CCCCC/C=C\CCCCCCCC)OC(=O)CCCCC/C=C\CCCCCCCC. The summed E-state index contributed by atoms with van der Waals surface area (Å²) in [6.07, 6.45) is 63.8. The monoisotopic (exact) mass is 847 g/mol. The van der Waals surface area contributed by atoms with E-state index in [1.165, 1.54) is 77.0 Å². The third-order valence-corrected chi connectivity index (χ3v) is 10.2. The molecular formula is C55H90O6. The van der Waals surface area contributed by atoms with E-state index in [2.05, 4.69) is 57.2 Å². The van der Waals surface area contributed by atoms with E-state index in [4.69, 9.17) is 14.2 Å². The van der Waals surface area contributed by atoms with Gasteiger partial charge in [-0.2, -0.15) is 0 Å². The Labute approximate surface area is 375 Å². The largest absolute Gasteiger partial charge is 0.462 e. The molecule has 0 saturated carbocycles. The van der Waals surface area contributed by atoms with Gasteiger partial charge in [0.05, 0.1) is 0 Å². The van der Waals surface area contributed by atoms with Crippen LogP contribution in [0.3, 0.4) is 0 Å². The van der Waals surface area contributed by atoms with Crippen molar-refractivity contribution in [3.63, 3.8) is 0 Å². The van der Waals surface area contributed by atoms with Crippen molar-refractivity contribution < 1.29 is 28.6 Å². The number of hydrogen-bond donors (Lipinski definition) is 0. The van der Waals surface area contributed by atoms with Gasteiger partial charge in [0.1, 0.15) is 13.2 Å². The van der Waals surface area contributed by atoms with Crippen LogP contribution in [0.25, 0.3) is 0 Å². The average molecular weight is 847 g/mol. The van der Waals surface area contributed by atoms with Crippen molar-refractivity contribution in [2.45, 2.75) is 219 Å². The van der Waals surface area contributed by atoms with Crippen LogP contribution in [0.15, 0.2) is 97.2 Å². The zero-order chi connectivity index (χ0) is 44.4. The second kappa shape index (κ2) is 49.0. The Morgan fingerprint density at radius 2 is 0.656 bits per heavy atom. The Kier molecular flexibility index (Phi) is 46.0. The van der Waals surface area contributed by atoms with Gasteiger partial charge in [-0.25, -0.2) is 0 Å². The number of carbonyl (C=O) groups is 3. The second-order valence-electron chi connectivity index (χ2n) is 16.1. The summed E-state index contributed by atoms with van der Waals surface area (Å²) in [6, 6.07) is 0. The fourth-order valence-corrected chi connectivity index (χ4v) is 6.46. The average Bonchev–Trinajstić information content (AvgIpc) is 3.26. The quantitative estimate of drug-likeness (QED) is 0.0200. The summed E-state index contributed by atoms with van der Waals surface area (Å²) in [5, 5.41) is 0. The first-order valence-corrected chi connectivity index (χ1v) is 24.8. The van der Waals surface area contributed by atoms with Gasteiger partial charge in [0.2, 0.25) is 0 Å². The molecule has 0 aromatic rings. The van der Waals surface area contributed by atoms with E-state index in [1.807, 2.05) is 60.8 Å². The number of carbonyl (C=O) groups excluding carboxylic acids is 3. The maximum atomic E-state index is 12.8. The lowest BCUT2D eigenvalue weighted by Crippen LogP contribution is -2.30. The van der Waals surface area contributed by atoms with Gasteiger partial charge in [-0.3, -0.25) is 14.4 Å². The first-order valence-electron chi connectivity index (χ1n) is 24.8. The van der Waals surface area contributed by atoms with Crippen molar-refractivity contribution >= 4 is 17.9 Å². The van der Waals surface area contributed by atoms with E-state index in [0.29, 0.717) is 19.3 Å². The minimum absolute atomic E-state index is 0.107. The molecule has 6 heteroatoms. The smallest absolute Gasteiger partial charge is 0.306 e. The van der Waals surface area contributed by atoms with Crippen LogP contribution in [-0.4, -0.2) is 37.2 Å². The van der Waals surface area contributed by atoms with Crippen LogP contribution in [0.1, 0.15) is 213 Å². The van der Waals surface area contributed by atoms with Crippen molar-refractivity contribution in [1.29, 1.82) is 0 Å². The number of allylic oxidation sites excluding steroid dienone is 16. The molecule has 0 radical (unpaired) electrons. The summed E-state index contributed by atoms with van der Waals surface area (Å²) < 4.78 is 16.7. The predicted octanol–water partition coefficient (Wildman–Crippen LogP) is 16.2. The minimum Gasteiger partial charge on any atom is -0.462 e. The summed E-state index contributed by atoms with van der Waals surface area (Å²) in [5.74, 6) is -0.988. The van der Waals surface area contributed by atoms with E-state index in [1.54, 1.807) is 0 Å². The molecule has 0 saturated heterocycles. The Bertz CT molecular complexity index is 1250. The van der Waals surface area contributed by atoms with Gasteiger partial charge < -0.3 is 14.2 Å². The molecule has 346 valence electrons. The van der Waals surface area contributed by atoms with Gasteiger partial charge >= 0.3 is 17.9 Å². The van der Waals surface area contributed by atoms with E-state index in [0.717, 1.165) is 96.3 Å². The molecule has 0 aliphatic rings. The number of ether oxygens (including phenoxy) is 3. The van der Waals surface area contributed by atoms with Crippen LogP contribution >= 0.6 is 0 Å². The third kappa shape index (κ3) is 47.2. The summed E-state index contributed by atoms with van der Waals surface area (Å²) >= 11 is 0. The molecule has 1 unspecified atom stereocenters. The van der Waals surface area contributed by atoms with Gasteiger partial charge in [0.25, 0.3) is 0 Å². The molecule has 0 rings (SSSR count).